The molecule has 0 spiro atoms. The molecule has 0 aromatic heterocycles. The lowest BCUT2D eigenvalue weighted by Gasteiger charge is -2.22. The average molecular weight is 371 g/mol. The molecule has 1 fully saturated rings. The molecule has 0 bridgehead atoms. The fraction of sp³-hybridized carbons (Fsp3) is 0.350. The number of hydrogen-bond acceptors (Lipinski definition) is 4. The van der Waals surface area contributed by atoms with Crippen molar-refractivity contribution in [3.63, 3.8) is 0 Å². The molecule has 142 valence electrons. The molecule has 1 aliphatic rings. The van der Waals surface area contributed by atoms with Crippen LogP contribution < -0.4 is 0 Å². The predicted octanol–water partition coefficient (Wildman–Crippen LogP) is 3.39. The molecule has 0 unspecified atom stereocenters. The third kappa shape index (κ3) is 4.68. The van der Waals surface area contributed by atoms with Crippen molar-refractivity contribution in [2.75, 3.05) is 26.2 Å². The molecule has 6 nitrogen and oxygen atoms in total. The summed E-state index contributed by atoms with van der Waals surface area (Å²) in [6.07, 6.45) is 0.846. The van der Waals surface area contributed by atoms with Crippen LogP contribution in [0.2, 0.25) is 0 Å². The molecule has 7 heteroatoms. The van der Waals surface area contributed by atoms with Gasteiger partial charge in [-0.2, -0.15) is 0 Å². The van der Waals surface area contributed by atoms with Gasteiger partial charge in [0, 0.05) is 49.9 Å². The molecule has 1 saturated heterocycles. The topological polar surface area (TPSA) is 66.7 Å². The minimum atomic E-state index is -0.442. The van der Waals surface area contributed by atoms with E-state index in [1.807, 2.05) is 0 Å². The summed E-state index contributed by atoms with van der Waals surface area (Å²) in [7, 11) is 0. The van der Waals surface area contributed by atoms with Crippen LogP contribution in [0.4, 0.5) is 10.1 Å². The standard InChI is InChI=1S/C20H22FN3O3/c1-15-13-17(5-8-19(15)24(26)27)20(25)23-10-2-9-22(11-12-23)14-16-3-6-18(21)7-4-16/h3-8,13H,2,9-12,14H2,1H3. The molecule has 0 aliphatic carbocycles. The zero-order valence-electron chi connectivity index (χ0n) is 15.2. The Kier molecular flexibility index (Phi) is 5.81. The fourth-order valence-electron chi connectivity index (χ4n) is 3.36. The van der Waals surface area contributed by atoms with Crippen molar-refractivity contribution >= 4 is 11.6 Å². The molecule has 0 saturated carbocycles. The Morgan fingerprint density at radius 2 is 1.85 bits per heavy atom. The molecular formula is C20H22FN3O3. The van der Waals surface area contributed by atoms with E-state index in [0.717, 1.165) is 31.6 Å². The first kappa shape index (κ1) is 19.0. The molecule has 1 aliphatic heterocycles. The summed E-state index contributed by atoms with van der Waals surface area (Å²) in [5, 5.41) is 10.9. The second-order valence-corrected chi connectivity index (χ2v) is 6.81. The number of halogens is 1. The molecule has 0 atom stereocenters. The summed E-state index contributed by atoms with van der Waals surface area (Å²) in [5.74, 6) is -0.346. The van der Waals surface area contributed by atoms with Crippen LogP contribution in [-0.4, -0.2) is 46.8 Å². The van der Waals surface area contributed by atoms with E-state index in [2.05, 4.69) is 4.90 Å². The largest absolute Gasteiger partial charge is 0.337 e. The molecule has 27 heavy (non-hydrogen) atoms. The Balaban J connectivity index is 1.63. The first-order valence-corrected chi connectivity index (χ1v) is 8.95. The van der Waals surface area contributed by atoms with Crippen molar-refractivity contribution in [2.24, 2.45) is 0 Å². The number of nitro benzene ring substituents is 1. The third-order valence-corrected chi connectivity index (χ3v) is 4.84. The SMILES string of the molecule is Cc1cc(C(=O)N2CCCN(Cc3ccc(F)cc3)CC2)ccc1[N+](=O)[O-]. The van der Waals surface area contributed by atoms with Crippen LogP contribution in [0.5, 0.6) is 0 Å². The van der Waals surface area contributed by atoms with E-state index in [0.29, 0.717) is 24.2 Å². The van der Waals surface area contributed by atoms with Gasteiger partial charge in [0.2, 0.25) is 0 Å². The lowest BCUT2D eigenvalue weighted by molar-refractivity contribution is -0.385. The van der Waals surface area contributed by atoms with Gasteiger partial charge >= 0.3 is 0 Å². The second-order valence-electron chi connectivity index (χ2n) is 6.81. The zero-order chi connectivity index (χ0) is 19.4. The minimum Gasteiger partial charge on any atom is -0.337 e. The monoisotopic (exact) mass is 371 g/mol. The van der Waals surface area contributed by atoms with Crippen molar-refractivity contribution in [1.29, 1.82) is 0 Å². The van der Waals surface area contributed by atoms with Crippen LogP contribution >= 0.6 is 0 Å². The summed E-state index contributed by atoms with van der Waals surface area (Å²) in [4.78, 5) is 27.3. The maximum absolute atomic E-state index is 13.0. The summed E-state index contributed by atoms with van der Waals surface area (Å²) in [6.45, 7) is 5.20. The van der Waals surface area contributed by atoms with Gasteiger partial charge in [-0.1, -0.05) is 12.1 Å². The Morgan fingerprint density at radius 3 is 2.52 bits per heavy atom. The number of amides is 1. The number of hydrogen-bond donors (Lipinski definition) is 0. The number of nitro groups is 1. The van der Waals surface area contributed by atoms with E-state index in [1.165, 1.54) is 24.3 Å². The van der Waals surface area contributed by atoms with Crippen molar-refractivity contribution in [3.8, 4) is 0 Å². The van der Waals surface area contributed by atoms with E-state index >= 15 is 0 Å². The Labute approximate surface area is 157 Å². The molecule has 1 amide bonds. The van der Waals surface area contributed by atoms with Gasteiger partial charge in [0.1, 0.15) is 5.82 Å². The second kappa shape index (κ2) is 8.26. The van der Waals surface area contributed by atoms with E-state index in [-0.39, 0.29) is 17.4 Å². The normalized spacial score (nSPS) is 15.4. The lowest BCUT2D eigenvalue weighted by Crippen LogP contribution is -2.35. The maximum Gasteiger partial charge on any atom is 0.272 e. The molecule has 3 rings (SSSR count). The van der Waals surface area contributed by atoms with E-state index < -0.39 is 4.92 Å². The number of rotatable bonds is 4. The highest BCUT2D eigenvalue weighted by Crippen LogP contribution is 2.20. The molecular weight excluding hydrogens is 349 g/mol. The summed E-state index contributed by atoms with van der Waals surface area (Å²) >= 11 is 0. The Bertz CT molecular complexity index is 839. The lowest BCUT2D eigenvalue weighted by atomic mass is 10.1. The minimum absolute atomic E-state index is 0.0212. The predicted molar refractivity (Wildman–Crippen MR) is 100 cm³/mol. The highest BCUT2D eigenvalue weighted by molar-refractivity contribution is 5.94. The van der Waals surface area contributed by atoms with Gasteiger partial charge in [-0.15, -0.1) is 0 Å². The number of aryl methyl sites for hydroxylation is 1. The Morgan fingerprint density at radius 1 is 1.11 bits per heavy atom. The highest BCUT2D eigenvalue weighted by Gasteiger charge is 2.22. The molecule has 0 radical (unpaired) electrons. The highest BCUT2D eigenvalue weighted by atomic mass is 19.1. The van der Waals surface area contributed by atoms with E-state index in [4.69, 9.17) is 0 Å². The van der Waals surface area contributed by atoms with Gasteiger partial charge < -0.3 is 4.90 Å². The summed E-state index contributed by atoms with van der Waals surface area (Å²) < 4.78 is 13.0. The number of nitrogens with zero attached hydrogens (tertiary/aromatic N) is 3. The van der Waals surface area contributed by atoms with Crippen LogP contribution in [-0.2, 0) is 6.54 Å². The number of carbonyl (C=O) groups is 1. The summed E-state index contributed by atoms with van der Waals surface area (Å²) in [5.41, 5.74) is 2.03. The first-order chi connectivity index (χ1) is 12.9. The van der Waals surface area contributed by atoms with Gasteiger partial charge in [-0.05, 0) is 43.2 Å². The average Bonchev–Trinajstić information content (AvgIpc) is 2.88. The number of carbonyl (C=O) groups excluding carboxylic acids is 1. The molecule has 1 heterocycles. The maximum atomic E-state index is 13.0. The molecule has 2 aromatic rings. The van der Waals surface area contributed by atoms with Gasteiger partial charge in [-0.3, -0.25) is 19.8 Å². The Hall–Kier alpha value is -2.80. The van der Waals surface area contributed by atoms with Gasteiger partial charge in [0.05, 0.1) is 4.92 Å². The van der Waals surface area contributed by atoms with Crippen molar-refractivity contribution < 1.29 is 14.1 Å². The smallest absolute Gasteiger partial charge is 0.272 e. The van der Waals surface area contributed by atoms with Gasteiger partial charge in [0.25, 0.3) is 11.6 Å². The quantitative estimate of drug-likeness (QED) is 0.610. The fourth-order valence-corrected chi connectivity index (χ4v) is 3.36. The van der Waals surface area contributed by atoms with Crippen LogP contribution in [0.3, 0.4) is 0 Å². The first-order valence-electron chi connectivity index (χ1n) is 8.95. The van der Waals surface area contributed by atoms with Crippen molar-refractivity contribution in [2.45, 2.75) is 19.9 Å². The van der Waals surface area contributed by atoms with Crippen LogP contribution in [0, 0.1) is 22.9 Å². The number of benzene rings is 2. The van der Waals surface area contributed by atoms with Gasteiger partial charge in [0.15, 0.2) is 0 Å². The van der Waals surface area contributed by atoms with Gasteiger partial charge in [-0.25, -0.2) is 4.39 Å². The van der Waals surface area contributed by atoms with Crippen molar-refractivity contribution in [3.05, 3.63) is 75.1 Å². The zero-order valence-corrected chi connectivity index (χ0v) is 15.2. The molecule has 2 aromatic carbocycles. The van der Waals surface area contributed by atoms with E-state index in [9.17, 15) is 19.3 Å². The van der Waals surface area contributed by atoms with Crippen LogP contribution in [0.15, 0.2) is 42.5 Å². The van der Waals surface area contributed by atoms with E-state index in [1.54, 1.807) is 30.0 Å². The summed E-state index contributed by atoms with van der Waals surface area (Å²) in [6, 6.07) is 11.0. The van der Waals surface area contributed by atoms with Crippen molar-refractivity contribution in [1.82, 2.24) is 9.80 Å². The van der Waals surface area contributed by atoms with Crippen LogP contribution in [0.1, 0.15) is 27.9 Å². The molecule has 0 N–H and O–H groups in total. The van der Waals surface area contributed by atoms with Crippen LogP contribution in [0.25, 0.3) is 0 Å². The third-order valence-electron chi connectivity index (χ3n) is 4.84.